The highest BCUT2D eigenvalue weighted by molar-refractivity contribution is 6.02. The lowest BCUT2D eigenvalue weighted by Crippen LogP contribution is -2.43. The molecule has 1 aromatic heterocycles. The van der Waals surface area contributed by atoms with E-state index in [0.29, 0.717) is 22.9 Å². The van der Waals surface area contributed by atoms with E-state index in [4.69, 9.17) is 10.5 Å². The number of benzene rings is 2. The van der Waals surface area contributed by atoms with Crippen LogP contribution in [0.2, 0.25) is 0 Å². The van der Waals surface area contributed by atoms with Crippen molar-refractivity contribution in [2.75, 3.05) is 4.90 Å². The molecule has 0 spiro atoms. The van der Waals surface area contributed by atoms with Crippen LogP contribution in [0, 0.1) is 25.5 Å². The van der Waals surface area contributed by atoms with Gasteiger partial charge in [-0.2, -0.15) is 0 Å². The Morgan fingerprint density at radius 3 is 2.32 bits per heavy atom. The van der Waals surface area contributed by atoms with Crippen molar-refractivity contribution in [3.63, 3.8) is 0 Å². The molecule has 2 amide bonds. The molecule has 3 aromatic rings. The van der Waals surface area contributed by atoms with Crippen LogP contribution in [0.4, 0.5) is 25.1 Å². The van der Waals surface area contributed by atoms with Crippen LogP contribution >= 0.6 is 0 Å². The van der Waals surface area contributed by atoms with Gasteiger partial charge in [0.15, 0.2) is 5.82 Å². The second-order valence-corrected chi connectivity index (χ2v) is 8.12. The SMILES string of the molecule is C=O.CC.Cc1nc(-c2cc(C(N)=NC(C)C)ccc2C)c2c(n1)N(c1c(F)cccc1F)C(=O)NC2. The molecular weight excluding hydrogens is 478 g/mol. The molecule has 1 aliphatic heterocycles. The summed E-state index contributed by atoms with van der Waals surface area (Å²) in [5.74, 6) is -0.847. The van der Waals surface area contributed by atoms with Gasteiger partial charge in [-0.05, 0) is 51.5 Å². The average Bonchev–Trinajstić information content (AvgIpc) is 2.87. The molecule has 3 N–H and O–H groups in total. The summed E-state index contributed by atoms with van der Waals surface area (Å²) in [6.45, 7) is 13.6. The molecule has 4 rings (SSSR count). The number of urea groups is 1. The minimum absolute atomic E-state index is 0.0308. The number of nitrogens with zero attached hydrogens (tertiary/aromatic N) is 4. The molecule has 0 saturated heterocycles. The van der Waals surface area contributed by atoms with Gasteiger partial charge in [0.2, 0.25) is 0 Å². The molecule has 0 aliphatic carbocycles. The number of rotatable bonds is 4. The Balaban J connectivity index is 0.00000115. The quantitative estimate of drug-likeness (QED) is 0.363. The van der Waals surface area contributed by atoms with Crippen LogP contribution in [0.1, 0.15) is 50.2 Å². The van der Waals surface area contributed by atoms with Crippen molar-refractivity contribution in [3.05, 3.63) is 70.5 Å². The summed E-state index contributed by atoms with van der Waals surface area (Å²) in [4.78, 5) is 35.1. The molecule has 0 fully saturated rings. The number of nitrogens with one attached hydrogen (secondary N) is 1. The number of carbonyl (C=O) groups excluding carboxylic acids is 2. The van der Waals surface area contributed by atoms with Gasteiger partial charge in [-0.25, -0.2) is 28.4 Å². The number of hydrogen-bond acceptors (Lipinski definition) is 5. The number of anilines is 2. The number of aryl methyl sites for hydroxylation is 2. The molecule has 2 heterocycles. The van der Waals surface area contributed by atoms with Gasteiger partial charge in [-0.3, -0.25) is 4.99 Å². The lowest BCUT2D eigenvalue weighted by Gasteiger charge is -2.30. The van der Waals surface area contributed by atoms with E-state index >= 15 is 0 Å². The van der Waals surface area contributed by atoms with Crippen LogP contribution in [0.25, 0.3) is 11.3 Å². The van der Waals surface area contributed by atoms with Gasteiger partial charge in [0.05, 0.1) is 12.2 Å². The van der Waals surface area contributed by atoms with E-state index in [9.17, 15) is 13.6 Å². The molecular formula is C27H32F2N6O2. The first kappa shape index (κ1) is 29.0. The first-order valence-corrected chi connectivity index (χ1v) is 11.8. The van der Waals surface area contributed by atoms with Crippen molar-refractivity contribution in [1.29, 1.82) is 0 Å². The summed E-state index contributed by atoms with van der Waals surface area (Å²) in [5.41, 5.74) is 9.19. The van der Waals surface area contributed by atoms with Crippen LogP contribution in [0.15, 0.2) is 41.4 Å². The van der Waals surface area contributed by atoms with Crippen LogP contribution < -0.4 is 16.0 Å². The predicted octanol–water partition coefficient (Wildman–Crippen LogP) is 5.35. The predicted molar refractivity (Wildman–Crippen MR) is 142 cm³/mol. The Hall–Kier alpha value is -4.21. The van der Waals surface area contributed by atoms with Crippen LogP contribution in [0.5, 0.6) is 0 Å². The second kappa shape index (κ2) is 12.7. The number of amides is 2. The lowest BCUT2D eigenvalue weighted by molar-refractivity contribution is -0.0980. The van der Waals surface area contributed by atoms with E-state index < -0.39 is 23.4 Å². The van der Waals surface area contributed by atoms with Crippen LogP contribution in [-0.2, 0) is 11.3 Å². The third kappa shape index (κ3) is 6.14. The summed E-state index contributed by atoms with van der Waals surface area (Å²) in [7, 11) is 0. The van der Waals surface area contributed by atoms with Crippen LogP contribution in [0.3, 0.4) is 0 Å². The van der Waals surface area contributed by atoms with Crippen molar-refractivity contribution in [2.24, 2.45) is 10.7 Å². The molecule has 0 radical (unpaired) electrons. The zero-order valence-electron chi connectivity index (χ0n) is 21.9. The van der Waals surface area contributed by atoms with Crippen molar-refractivity contribution < 1.29 is 18.4 Å². The molecule has 37 heavy (non-hydrogen) atoms. The number of carbonyl (C=O) groups is 2. The Morgan fingerprint density at radius 1 is 1.11 bits per heavy atom. The summed E-state index contributed by atoms with van der Waals surface area (Å²) in [6.07, 6.45) is 0. The Morgan fingerprint density at radius 2 is 1.73 bits per heavy atom. The van der Waals surface area contributed by atoms with Crippen molar-refractivity contribution in [1.82, 2.24) is 15.3 Å². The number of fused-ring (bicyclic) bond motifs is 1. The number of halogens is 2. The molecule has 196 valence electrons. The number of aromatic nitrogens is 2. The fourth-order valence-electron chi connectivity index (χ4n) is 3.79. The normalized spacial score (nSPS) is 12.6. The molecule has 2 aromatic carbocycles. The summed E-state index contributed by atoms with van der Waals surface area (Å²) in [5, 5.41) is 2.68. The maximum Gasteiger partial charge on any atom is 0.328 e. The number of para-hydroxylation sites is 1. The summed E-state index contributed by atoms with van der Waals surface area (Å²) < 4.78 is 29.2. The molecule has 1 aliphatic rings. The van der Waals surface area contributed by atoms with E-state index in [1.54, 1.807) is 6.92 Å². The fourth-order valence-corrected chi connectivity index (χ4v) is 3.79. The maximum absolute atomic E-state index is 14.6. The zero-order chi connectivity index (χ0) is 27.9. The van der Waals surface area contributed by atoms with Gasteiger partial charge < -0.3 is 15.8 Å². The largest absolute Gasteiger partial charge is 0.383 e. The molecule has 0 bridgehead atoms. The van der Waals surface area contributed by atoms with E-state index in [1.807, 2.05) is 59.6 Å². The molecule has 0 unspecified atom stereocenters. The minimum Gasteiger partial charge on any atom is -0.383 e. The van der Waals surface area contributed by atoms with Gasteiger partial charge in [0.1, 0.15) is 35.8 Å². The van der Waals surface area contributed by atoms with E-state index in [2.05, 4.69) is 20.3 Å². The molecule has 0 saturated carbocycles. The number of amidine groups is 1. The Labute approximate surface area is 215 Å². The standard InChI is InChI=1S/C24H24F2N6O.C2H6.CH2O/c1-12(2)29-22(27)15-9-8-13(3)16(10-15)20-17-11-28-24(33)32(23(17)31-14(4)30-20)21-18(25)6-5-7-19(21)26;2*1-2/h5-10,12H,11H2,1-4H3,(H2,27,29)(H,28,33);1-2H3;1H2. The van der Waals surface area contributed by atoms with Crippen molar-refractivity contribution in [3.8, 4) is 11.3 Å². The van der Waals surface area contributed by atoms with Crippen LogP contribution in [-0.4, -0.2) is 34.7 Å². The number of hydrogen-bond donors (Lipinski definition) is 2. The van der Waals surface area contributed by atoms with E-state index in [1.165, 1.54) is 6.07 Å². The van der Waals surface area contributed by atoms with Crippen molar-refractivity contribution >= 4 is 30.2 Å². The third-order valence-electron chi connectivity index (χ3n) is 5.28. The average molecular weight is 511 g/mol. The Kier molecular flexibility index (Phi) is 9.93. The van der Waals surface area contributed by atoms with Crippen molar-refractivity contribution in [2.45, 2.75) is 54.1 Å². The summed E-state index contributed by atoms with van der Waals surface area (Å²) >= 11 is 0. The van der Waals surface area contributed by atoms with Gasteiger partial charge in [0.25, 0.3) is 0 Å². The fraction of sp³-hybridized carbons (Fsp3) is 0.296. The summed E-state index contributed by atoms with van der Waals surface area (Å²) in [6, 6.07) is 8.46. The first-order chi connectivity index (χ1) is 17.7. The van der Waals surface area contributed by atoms with E-state index in [0.717, 1.165) is 33.7 Å². The van der Waals surface area contributed by atoms with Gasteiger partial charge in [-0.1, -0.05) is 32.0 Å². The lowest BCUT2D eigenvalue weighted by atomic mass is 9.97. The topological polar surface area (TPSA) is 114 Å². The molecule has 8 nitrogen and oxygen atoms in total. The third-order valence-corrected chi connectivity index (χ3v) is 5.28. The number of nitrogens with two attached hydrogens (primary N) is 1. The van der Waals surface area contributed by atoms with Gasteiger partial charge in [-0.15, -0.1) is 0 Å². The second-order valence-electron chi connectivity index (χ2n) is 8.12. The first-order valence-electron chi connectivity index (χ1n) is 11.8. The highest BCUT2D eigenvalue weighted by Crippen LogP contribution is 2.38. The molecule has 10 heteroatoms. The van der Waals surface area contributed by atoms with Gasteiger partial charge in [0, 0.05) is 22.7 Å². The van der Waals surface area contributed by atoms with E-state index in [-0.39, 0.29) is 18.4 Å². The Bertz CT molecular complexity index is 1290. The zero-order valence-corrected chi connectivity index (χ0v) is 21.9. The monoisotopic (exact) mass is 510 g/mol. The maximum atomic E-state index is 14.6. The van der Waals surface area contributed by atoms with Gasteiger partial charge >= 0.3 is 6.03 Å². The highest BCUT2D eigenvalue weighted by Gasteiger charge is 2.33. The smallest absolute Gasteiger partial charge is 0.328 e. The number of aliphatic imine (C=N–C) groups is 1. The highest BCUT2D eigenvalue weighted by atomic mass is 19.1. The molecule has 0 atom stereocenters. The minimum atomic E-state index is -0.869.